The van der Waals surface area contributed by atoms with Crippen LogP contribution in [0.25, 0.3) is 0 Å². The molecule has 1 aromatic carbocycles. The van der Waals surface area contributed by atoms with Gasteiger partial charge in [-0.05, 0) is 67.5 Å². The quantitative estimate of drug-likeness (QED) is 0.814. The number of hydrogen-bond donors (Lipinski definition) is 1. The van der Waals surface area contributed by atoms with Crippen molar-refractivity contribution in [2.75, 3.05) is 18.0 Å². The highest BCUT2D eigenvalue weighted by atomic mass is 127. The first-order chi connectivity index (χ1) is 8.43. The molecule has 1 unspecified atom stereocenters. The standard InChI is InChI=1S/C15H23IN2/c1-5-12-9-17-15(3,4)10-18(12)13-7-6-11(2)14(16)8-13/h6-8,12,17H,5,9-10H2,1-4H3. The van der Waals surface area contributed by atoms with Gasteiger partial charge in [-0.1, -0.05) is 13.0 Å². The Bertz CT molecular complexity index is 429. The number of aryl methyl sites for hydroxylation is 1. The van der Waals surface area contributed by atoms with Gasteiger partial charge < -0.3 is 10.2 Å². The summed E-state index contributed by atoms with van der Waals surface area (Å²) in [5, 5.41) is 3.64. The summed E-state index contributed by atoms with van der Waals surface area (Å²) in [6.45, 7) is 11.2. The summed E-state index contributed by atoms with van der Waals surface area (Å²) >= 11 is 2.43. The lowest BCUT2D eigenvalue weighted by Crippen LogP contribution is -2.61. The highest BCUT2D eigenvalue weighted by Gasteiger charge is 2.31. The van der Waals surface area contributed by atoms with Gasteiger partial charge in [0.1, 0.15) is 0 Å². The molecule has 1 aliphatic heterocycles. The molecule has 0 amide bonds. The van der Waals surface area contributed by atoms with Gasteiger partial charge in [0, 0.05) is 33.9 Å². The molecule has 0 spiro atoms. The molecule has 1 atom stereocenters. The van der Waals surface area contributed by atoms with Gasteiger partial charge in [-0.25, -0.2) is 0 Å². The van der Waals surface area contributed by atoms with E-state index in [9.17, 15) is 0 Å². The maximum Gasteiger partial charge on any atom is 0.0412 e. The van der Waals surface area contributed by atoms with E-state index in [0.29, 0.717) is 6.04 Å². The average molecular weight is 358 g/mol. The van der Waals surface area contributed by atoms with Crippen LogP contribution in [-0.2, 0) is 0 Å². The van der Waals surface area contributed by atoms with E-state index in [4.69, 9.17) is 0 Å². The first-order valence-corrected chi connectivity index (χ1v) is 7.78. The normalized spacial score (nSPS) is 23.2. The Morgan fingerprint density at radius 1 is 1.44 bits per heavy atom. The second-order valence-corrected chi connectivity index (χ2v) is 7.05. The Morgan fingerprint density at radius 3 is 2.78 bits per heavy atom. The number of benzene rings is 1. The van der Waals surface area contributed by atoms with Crippen molar-refractivity contribution < 1.29 is 0 Å². The monoisotopic (exact) mass is 358 g/mol. The van der Waals surface area contributed by atoms with E-state index in [0.717, 1.165) is 13.1 Å². The van der Waals surface area contributed by atoms with Crippen LogP contribution in [0, 0.1) is 10.5 Å². The molecule has 0 aliphatic carbocycles. The second-order valence-electron chi connectivity index (χ2n) is 5.89. The smallest absolute Gasteiger partial charge is 0.0412 e. The van der Waals surface area contributed by atoms with E-state index in [1.165, 1.54) is 21.2 Å². The molecule has 0 radical (unpaired) electrons. The van der Waals surface area contributed by atoms with Crippen molar-refractivity contribution in [1.29, 1.82) is 0 Å². The predicted molar refractivity (Wildman–Crippen MR) is 87.4 cm³/mol. The van der Waals surface area contributed by atoms with Crippen molar-refractivity contribution in [2.45, 2.75) is 45.7 Å². The summed E-state index contributed by atoms with van der Waals surface area (Å²) in [6.07, 6.45) is 1.19. The van der Waals surface area contributed by atoms with E-state index in [1.54, 1.807) is 0 Å². The second kappa shape index (κ2) is 5.37. The van der Waals surface area contributed by atoms with Gasteiger partial charge in [0.25, 0.3) is 0 Å². The first-order valence-electron chi connectivity index (χ1n) is 6.71. The Labute approximate surface area is 124 Å². The molecule has 2 rings (SSSR count). The third-order valence-corrected chi connectivity index (χ3v) is 4.94. The van der Waals surface area contributed by atoms with Crippen LogP contribution in [0.1, 0.15) is 32.8 Å². The molecular formula is C15H23IN2. The molecule has 3 heteroatoms. The minimum atomic E-state index is 0.196. The fourth-order valence-corrected chi connectivity index (χ4v) is 3.04. The molecule has 1 aromatic rings. The van der Waals surface area contributed by atoms with E-state index in [1.807, 2.05) is 0 Å². The van der Waals surface area contributed by atoms with Crippen molar-refractivity contribution in [3.63, 3.8) is 0 Å². The number of anilines is 1. The average Bonchev–Trinajstić information content (AvgIpc) is 2.32. The van der Waals surface area contributed by atoms with Crippen LogP contribution in [0.2, 0.25) is 0 Å². The first kappa shape index (κ1) is 14.1. The highest BCUT2D eigenvalue weighted by Crippen LogP contribution is 2.27. The van der Waals surface area contributed by atoms with Crippen molar-refractivity contribution in [2.24, 2.45) is 0 Å². The molecule has 1 aliphatic rings. The fraction of sp³-hybridized carbons (Fsp3) is 0.600. The van der Waals surface area contributed by atoms with Crippen LogP contribution < -0.4 is 10.2 Å². The maximum atomic E-state index is 3.64. The molecule has 0 aromatic heterocycles. The predicted octanol–water partition coefficient (Wildman–Crippen LogP) is 3.57. The van der Waals surface area contributed by atoms with Crippen LogP contribution in [0.3, 0.4) is 0 Å². The summed E-state index contributed by atoms with van der Waals surface area (Å²) in [5.41, 5.74) is 2.93. The van der Waals surface area contributed by atoms with Crippen molar-refractivity contribution in [1.82, 2.24) is 5.32 Å². The van der Waals surface area contributed by atoms with Gasteiger partial charge in [-0.3, -0.25) is 0 Å². The molecule has 100 valence electrons. The number of hydrogen-bond acceptors (Lipinski definition) is 2. The van der Waals surface area contributed by atoms with Crippen molar-refractivity contribution in [3.8, 4) is 0 Å². The van der Waals surface area contributed by atoms with Gasteiger partial charge in [-0.2, -0.15) is 0 Å². The van der Waals surface area contributed by atoms with E-state index in [2.05, 4.69) is 78.7 Å². The van der Waals surface area contributed by atoms with Crippen LogP contribution in [0.15, 0.2) is 18.2 Å². The summed E-state index contributed by atoms with van der Waals surface area (Å²) in [7, 11) is 0. The van der Waals surface area contributed by atoms with Crippen LogP contribution in [-0.4, -0.2) is 24.7 Å². The number of piperazine rings is 1. The van der Waals surface area contributed by atoms with Gasteiger partial charge in [0.05, 0.1) is 0 Å². The molecule has 0 bridgehead atoms. The molecule has 18 heavy (non-hydrogen) atoms. The SMILES string of the molecule is CCC1CNC(C)(C)CN1c1ccc(C)c(I)c1. The van der Waals surface area contributed by atoms with Crippen LogP contribution in [0.5, 0.6) is 0 Å². The van der Waals surface area contributed by atoms with Crippen LogP contribution >= 0.6 is 22.6 Å². The Morgan fingerprint density at radius 2 is 2.17 bits per heavy atom. The fourth-order valence-electron chi connectivity index (χ4n) is 2.54. The Hall–Kier alpha value is -0.290. The minimum Gasteiger partial charge on any atom is -0.365 e. The zero-order valence-electron chi connectivity index (χ0n) is 11.8. The van der Waals surface area contributed by atoms with E-state index >= 15 is 0 Å². The van der Waals surface area contributed by atoms with Gasteiger partial charge >= 0.3 is 0 Å². The summed E-state index contributed by atoms with van der Waals surface area (Å²) in [4.78, 5) is 2.57. The largest absolute Gasteiger partial charge is 0.365 e. The minimum absolute atomic E-state index is 0.196. The number of halogens is 1. The lowest BCUT2D eigenvalue weighted by Gasteiger charge is -2.46. The van der Waals surface area contributed by atoms with E-state index in [-0.39, 0.29) is 5.54 Å². The number of rotatable bonds is 2. The van der Waals surface area contributed by atoms with Crippen molar-refractivity contribution >= 4 is 28.3 Å². The number of nitrogens with one attached hydrogen (secondary N) is 1. The Balaban J connectivity index is 2.29. The Kier molecular flexibility index (Phi) is 4.22. The van der Waals surface area contributed by atoms with E-state index < -0.39 is 0 Å². The molecule has 1 heterocycles. The van der Waals surface area contributed by atoms with Crippen LogP contribution in [0.4, 0.5) is 5.69 Å². The lowest BCUT2D eigenvalue weighted by molar-refractivity contribution is 0.306. The summed E-state index contributed by atoms with van der Waals surface area (Å²) in [5.74, 6) is 0. The van der Waals surface area contributed by atoms with Crippen molar-refractivity contribution in [3.05, 3.63) is 27.3 Å². The molecular weight excluding hydrogens is 335 g/mol. The molecule has 1 fully saturated rings. The lowest BCUT2D eigenvalue weighted by atomic mass is 9.96. The van der Waals surface area contributed by atoms with Gasteiger partial charge in [0.15, 0.2) is 0 Å². The third-order valence-electron chi connectivity index (χ3n) is 3.78. The maximum absolute atomic E-state index is 3.64. The molecule has 1 N–H and O–H groups in total. The van der Waals surface area contributed by atoms with Gasteiger partial charge in [-0.15, -0.1) is 0 Å². The zero-order valence-corrected chi connectivity index (χ0v) is 13.9. The molecule has 1 saturated heterocycles. The summed E-state index contributed by atoms with van der Waals surface area (Å²) in [6, 6.07) is 7.43. The topological polar surface area (TPSA) is 15.3 Å². The molecule has 2 nitrogen and oxygen atoms in total. The van der Waals surface area contributed by atoms with Gasteiger partial charge in [0.2, 0.25) is 0 Å². The summed E-state index contributed by atoms with van der Waals surface area (Å²) < 4.78 is 1.36. The third kappa shape index (κ3) is 2.99. The molecule has 0 saturated carbocycles. The number of nitrogens with zero attached hydrogens (tertiary/aromatic N) is 1. The highest BCUT2D eigenvalue weighted by molar-refractivity contribution is 14.1. The zero-order chi connectivity index (χ0) is 13.3.